The highest BCUT2D eigenvalue weighted by atomic mass is 32.2. The van der Waals surface area contributed by atoms with E-state index in [2.05, 4.69) is 15.3 Å². The third-order valence-electron chi connectivity index (χ3n) is 1.22. The minimum absolute atomic E-state index is 0.961. The average molecular weight is 148 g/mol. The molecule has 1 aliphatic heterocycles. The lowest BCUT2D eigenvalue weighted by Gasteiger charge is -1.88. The first-order chi connectivity index (χ1) is 4.97. The zero-order valence-corrected chi connectivity index (χ0v) is 5.93. The Balaban J connectivity index is 3.01. The molecule has 2 heterocycles. The quantitative estimate of drug-likeness (QED) is 0.477. The third-order valence-corrected chi connectivity index (χ3v) is 1.75. The zero-order valence-electron chi connectivity index (χ0n) is 5.11. The monoisotopic (exact) mass is 148 g/mol. The zero-order chi connectivity index (χ0) is 6.81. The fourth-order valence-corrected chi connectivity index (χ4v) is 1.25. The molecule has 1 aromatic rings. The number of aromatic nitrogens is 1. The van der Waals surface area contributed by atoms with Crippen molar-refractivity contribution in [1.82, 2.24) is 4.98 Å². The van der Waals surface area contributed by atoms with E-state index in [0.717, 1.165) is 10.6 Å². The van der Waals surface area contributed by atoms with Gasteiger partial charge < -0.3 is 0 Å². The molecule has 0 amide bonds. The normalized spacial score (nSPS) is 13.2. The minimum atomic E-state index is 0.961. The third kappa shape index (κ3) is 0.856. The molecular formula is C7H4N2S. The van der Waals surface area contributed by atoms with Crippen LogP contribution in [0.3, 0.4) is 0 Å². The Morgan fingerprint density at radius 3 is 3.40 bits per heavy atom. The number of hydrogen-bond donors (Lipinski definition) is 0. The van der Waals surface area contributed by atoms with Crippen molar-refractivity contribution in [2.45, 2.75) is 0 Å². The summed E-state index contributed by atoms with van der Waals surface area (Å²) in [6.07, 6.45) is 1.77. The summed E-state index contributed by atoms with van der Waals surface area (Å²) >= 11 is 1.36. The Labute approximate surface area is 62.1 Å². The van der Waals surface area contributed by atoms with E-state index in [1.807, 2.05) is 17.5 Å². The molecule has 1 aliphatic rings. The largest absolute Gasteiger partial charge is 0.255 e. The van der Waals surface area contributed by atoms with Gasteiger partial charge in [0, 0.05) is 29.4 Å². The second-order valence-electron chi connectivity index (χ2n) is 1.86. The Morgan fingerprint density at radius 2 is 2.50 bits per heavy atom. The molecule has 2 rings (SSSR count). The highest BCUT2D eigenvalue weighted by Crippen LogP contribution is 1.99. The van der Waals surface area contributed by atoms with Crippen LogP contribution in [0.15, 0.2) is 22.7 Å². The summed E-state index contributed by atoms with van der Waals surface area (Å²) in [7, 11) is 0. The first-order valence-corrected chi connectivity index (χ1v) is 3.70. The van der Waals surface area contributed by atoms with Crippen molar-refractivity contribution in [3.8, 4) is 0 Å². The van der Waals surface area contributed by atoms with E-state index in [0.29, 0.717) is 0 Å². The van der Waals surface area contributed by atoms with Crippen LogP contribution in [0.2, 0.25) is 0 Å². The maximum absolute atomic E-state index is 4.12. The SMILES string of the molecule is C1=NSC=c2ncccc2=1. The van der Waals surface area contributed by atoms with E-state index < -0.39 is 0 Å². The predicted octanol–water partition coefficient (Wildman–Crippen LogP) is -0.177. The minimum Gasteiger partial charge on any atom is -0.255 e. The number of pyridine rings is 1. The van der Waals surface area contributed by atoms with Crippen molar-refractivity contribution in [3.05, 3.63) is 28.9 Å². The van der Waals surface area contributed by atoms with Crippen molar-refractivity contribution in [2.75, 3.05) is 0 Å². The molecule has 0 bridgehead atoms. The van der Waals surface area contributed by atoms with Crippen LogP contribution in [0.25, 0.3) is 5.41 Å². The van der Waals surface area contributed by atoms with E-state index in [1.165, 1.54) is 11.9 Å². The molecule has 0 fully saturated rings. The molecule has 0 saturated carbocycles. The van der Waals surface area contributed by atoms with Crippen LogP contribution in [0.5, 0.6) is 0 Å². The lowest BCUT2D eigenvalue weighted by atomic mass is 10.4. The molecule has 48 valence electrons. The summed E-state index contributed by atoms with van der Waals surface area (Å²) in [6.45, 7) is 0. The molecule has 0 N–H and O–H groups in total. The van der Waals surface area contributed by atoms with Crippen LogP contribution in [0.1, 0.15) is 0 Å². The van der Waals surface area contributed by atoms with Crippen LogP contribution in [-0.2, 0) is 0 Å². The fourth-order valence-electron chi connectivity index (χ4n) is 0.758. The maximum atomic E-state index is 4.12. The van der Waals surface area contributed by atoms with Crippen LogP contribution >= 0.6 is 11.9 Å². The van der Waals surface area contributed by atoms with E-state index in [-0.39, 0.29) is 0 Å². The number of rotatable bonds is 0. The number of nitrogens with zero attached hydrogens (tertiary/aromatic N) is 2. The van der Waals surface area contributed by atoms with E-state index in [9.17, 15) is 0 Å². The van der Waals surface area contributed by atoms with Gasteiger partial charge in [-0.05, 0) is 12.1 Å². The second kappa shape index (κ2) is 2.29. The molecule has 0 aromatic carbocycles. The Morgan fingerprint density at radius 1 is 1.50 bits per heavy atom. The van der Waals surface area contributed by atoms with Crippen molar-refractivity contribution < 1.29 is 0 Å². The summed E-state index contributed by atoms with van der Waals surface area (Å²) in [5, 5.41) is 3.84. The molecule has 3 heteroatoms. The molecule has 0 unspecified atom stereocenters. The summed E-state index contributed by atoms with van der Waals surface area (Å²) < 4.78 is 3.89. The topological polar surface area (TPSA) is 25.2 Å². The lowest BCUT2D eigenvalue weighted by Crippen LogP contribution is -2.28. The van der Waals surface area contributed by atoms with Crippen molar-refractivity contribution >= 4 is 23.2 Å². The standard InChI is InChI=1S/C7H4N2S/c1-2-6-4-9-10-5-7(6)8-3-1/h1-3,5H. The van der Waals surface area contributed by atoms with Gasteiger partial charge in [-0.25, -0.2) is 0 Å². The summed E-state index contributed by atoms with van der Waals surface area (Å²) in [4.78, 5) is 4.12. The van der Waals surface area contributed by atoms with Crippen LogP contribution in [0, 0.1) is 0 Å². The highest BCUT2D eigenvalue weighted by molar-refractivity contribution is 8.05. The number of hydrogen-bond acceptors (Lipinski definition) is 3. The molecular weight excluding hydrogens is 144 g/mol. The highest BCUT2D eigenvalue weighted by Gasteiger charge is 1.87. The van der Waals surface area contributed by atoms with Gasteiger partial charge >= 0.3 is 0 Å². The van der Waals surface area contributed by atoms with Gasteiger partial charge in [0.1, 0.15) is 0 Å². The van der Waals surface area contributed by atoms with Crippen molar-refractivity contribution in [3.63, 3.8) is 0 Å². The second-order valence-corrected chi connectivity index (χ2v) is 2.49. The predicted molar refractivity (Wildman–Crippen MR) is 42.1 cm³/mol. The molecule has 0 saturated heterocycles. The first kappa shape index (κ1) is 5.71. The molecule has 10 heavy (non-hydrogen) atoms. The first-order valence-electron chi connectivity index (χ1n) is 2.87. The van der Waals surface area contributed by atoms with Gasteiger partial charge in [0.25, 0.3) is 0 Å². The van der Waals surface area contributed by atoms with Gasteiger partial charge in [0.05, 0.1) is 10.6 Å². The van der Waals surface area contributed by atoms with Gasteiger partial charge in [-0.2, -0.15) is 4.40 Å². The molecule has 2 nitrogen and oxygen atoms in total. The van der Waals surface area contributed by atoms with E-state index >= 15 is 0 Å². The summed E-state index contributed by atoms with van der Waals surface area (Å²) in [5.41, 5.74) is 0. The maximum Gasteiger partial charge on any atom is 0.0877 e. The van der Waals surface area contributed by atoms with Crippen LogP contribution in [-0.4, -0.2) is 10.9 Å². The van der Waals surface area contributed by atoms with E-state index in [4.69, 9.17) is 0 Å². The van der Waals surface area contributed by atoms with Gasteiger partial charge in [-0.15, -0.1) is 0 Å². The fraction of sp³-hybridized carbons (Fsp3) is 0. The average Bonchev–Trinajstić information content (AvgIpc) is 2.05. The van der Waals surface area contributed by atoms with Crippen molar-refractivity contribution in [1.29, 1.82) is 0 Å². The molecule has 0 spiro atoms. The smallest absolute Gasteiger partial charge is 0.0877 e. The van der Waals surface area contributed by atoms with E-state index in [1.54, 1.807) is 6.20 Å². The van der Waals surface area contributed by atoms with Crippen LogP contribution in [0.4, 0.5) is 0 Å². The van der Waals surface area contributed by atoms with Gasteiger partial charge in [0.15, 0.2) is 0 Å². The molecule has 0 aliphatic carbocycles. The Kier molecular flexibility index (Phi) is 1.31. The summed E-state index contributed by atoms with van der Waals surface area (Å²) in [5.74, 6) is 2.86. The van der Waals surface area contributed by atoms with Gasteiger partial charge in [-0.3, -0.25) is 4.98 Å². The number of fused-ring (bicyclic) bond motifs is 1. The van der Waals surface area contributed by atoms with Crippen molar-refractivity contribution in [2.24, 2.45) is 4.40 Å². The molecule has 0 atom stereocenters. The Hall–Kier alpha value is -1.05. The van der Waals surface area contributed by atoms with Crippen LogP contribution < -0.4 is 10.6 Å². The Bertz CT molecular complexity index is 390. The molecule has 0 radical (unpaired) electrons. The lowest BCUT2D eigenvalue weighted by molar-refractivity contribution is 1.23. The van der Waals surface area contributed by atoms with Gasteiger partial charge in [-0.1, -0.05) is 0 Å². The molecule has 1 aromatic heterocycles. The summed E-state index contributed by atoms with van der Waals surface area (Å²) in [6, 6.07) is 3.83. The van der Waals surface area contributed by atoms with Gasteiger partial charge in [0.2, 0.25) is 0 Å².